The van der Waals surface area contributed by atoms with Gasteiger partial charge in [-0.25, -0.2) is 0 Å². The maximum atomic E-state index is 12.5. The van der Waals surface area contributed by atoms with Gasteiger partial charge in [-0.3, -0.25) is 4.79 Å². The van der Waals surface area contributed by atoms with E-state index in [4.69, 9.17) is 32.5 Å². The van der Waals surface area contributed by atoms with Crippen molar-refractivity contribution >= 4 is 29.1 Å². The topological polar surface area (TPSA) is 77.2 Å². The molecule has 158 valence electrons. The number of carbonyl (C=O) groups is 1. The fraction of sp³-hybridized carbons (Fsp3) is 0.318. The molecule has 0 saturated heterocycles. The minimum atomic E-state index is -0.604. The Kier molecular flexibility index (Phi) is 7.00. The van der Waals surface area contributed by atoms with Gasteiger partial charge in [-0.05, 0) is 62.7 Å². The van der Waals surface area contributed by atoms with E-state index < -0.39 is 5.54 Å². The standard InChI is InChI=1S/C22H23Cl2N3O3/c1-4-29-16-8-5-14(6-9-16)21-25-20(30-27-21)12-11-19(28)26-22(2,3)15-7-10-17(23)18(24)13-15/h5-10,13H,4,11-12H2,1-3H3,(H,26,28). The molecule has 30 heavy (non-hydrogen) atoms. The molecule has 3 aromatic rings. The first-order valence-electron chi connectivity index (χ1n) is 9.61. The number of ether oxygens (including phenoxy) is 1. The van der Waals surface area contributed by atoms with Crippen LogP contribution in [0.1, 0.15) is 38.6 Å². The fourth-order valence-corrected chi connectivity index (χ4v) is 3.23. The van der Waals surface area contributed by atoms with Gasteiger partial charge in [0, 0.05) is 18.4 Å². The largest absolute Gasteiger partial charge is 0.494 e. The Morgan fingerprint density at radius 1 is 1.13 bits per heavy atom. The number of nitrogens with one attached hydrogen (secondary N) is 1. The van der Waals surface area contributed by atoms with Crippen LogP contribution in [0, 0.1) is 0 Å². The van der Waals surface area contributed by atoms with Gasteiger partial charge in [0.15, 0.2) is 0 Å². The number of carbonyl (C=O) groups excluding carboxylic acids is 1. The summed E-state index contributed by atoms with van der Waals surface area (Å²) < 4.78 is 10.7. The highest BCUT2D eigenvalue weighted by Gasteiger charge is 2.24. The second-order valence-corrected chi connectivity index (χ2v) is 8.09. The first kappa shape index (κ1) is 22.1. The summed E-state index contributed by atoms with van der Waals surface area (Å²) >= 11 is 12.1. The molecule has 3 rings (SSSR count). The Labute approximate surface area is 185 Å². The third-order valence-corrected chi connectivity index (χ3v) is 5.29. The van der Waals surface area contributed by atoms with Crippen LogP contribution in [0.2, 0.25) is 10.0 Å². The predicted molar refractivity (Wildman–Crippen MR) is 117 cm³/mol. The van der Waals surface area contributed by atoms with Gasteiger partial charge < -0.3 is 14.6 Å². The molecule has 2 aromatic carbocycles. The van der Waals surface area contributed by atoms with E-state index in [9.17, 15) is 4.79 Å². The second-order valence-electron chi connectivity index (χ2n) is 7.27. The maximum absolute atomic E-state index is 12.5. The number of hydrogen-bond acceptors (Lipinski definition) is 5. The zero-order chi connectivity index (χ0) is 21.7. The van der Waals surface area contributed by atoms with Crippen molar-refractivity contribution in [3.05, 3.63) is 64.0 Å². The summed E-state index contributed by atoms with van der Waals surface area (Å²) in [6.07, 6.45) is 0.559. The van der Waals surface area contributed by atoms with Crippen LogP contribution in [-0.4, -0.2) is 22.7 Å². The van der Waals surface area contributed by atoms with Gasteiger partial charge in [0.1, 0.15) is 5.75 Å². The molecule has 1 N–H and O–H groups in total. The Morgan fingerprint density at radius 3 is 2.53 bits per heavy atom. The van der Waals surface area contributed by atoms with Crippen LogP contribution in [0.15, 0.2) is 47.0 Å². The van der Waals surface area contributed by atoms with Crippen molar-refractivity contribution in [3.63, 3.8) is 0 Å². The Bertz CT molecular complexity index is 1020. The lowest BCUT2D eigenvalue weighted by Crippen LogP contribution is -2.41. The number of hydrogen-bond donors (Lipinski definition) is 1. The Morgan fingerprint density at radius 2 is 1.87 bits per heavy atom. The summed E-state index contributed by atoms with van der Waals surface area (Å²) in [5, 5.41) is 7.92. The minimum Gasteiger partial charge on any atom is -0.494 e. The number of benzene rings is 2. The molecule has 6 nitrogen and oxygen atoms in total. The minimum absolute atomic E-state index is 0.133. The van der Waals surface area contributed by atoms with E-state index in [1.807, 2.05) is 51.1 Å². The van der Waals surface area contributed by atoms with E-state index in [-0.39, 0.29) is 12.3 Å². The van der Waals surface area contributed by atoms with Crippen LogP contribution in [-0.2, 0) is 16.8 Å². The van der Waals surface area contributed by atoms with E-state index in [1.54, 1.807) is 12.1 Å². The first-order chi connectivity index (χ1) is 14.3. The molecule has 8 heteroatoms. The molecule has 0 radical (unpaired) electrons. The SMILES string of the molecule is CCOc1ccc(-c2noc(CCC(=O)NC(C)(C)c3ccc(Cl)c(Cl)c3)n2)cc1. The van der Waals surface area contributed by atoms with Crippen molar-refractivity contribution in [1.29, 1.82) is 0 Å². The van der Waals surface area contributed by atoms with E-state index in [1.165, 1.54) is 0 Å². The molecule has 0 atom stereocenters. The molecule has 0 fully saturated rings. The molecule has 1 aromatic heterocycles. The molecule has 0 aliphatic rings. The van der Waals surface area contributed by atoms with Gasteiger partial charge in [-0.1, -0.05) is 34.4 Å². The highest BCUT2D eigenvalue weighted by Crippen LogP contribution is 2.28. The summed E-state index contributed by atoms with van der Waals surface area (Å²) in [6.45, 7) is 6.35. The lowest BCUT2D eigenvalue weighted by atomic mass is 9.94. The quantitative estimate of drug-likeness (QED) is 0.498. The third kappa shape index (κ3) is 5.52. The van der Waals surface area contributed by atoms with E-state index in [2.05, 4.69) is 15.5 Å². The van der Waals surface area contributed by atoms with Crippen molar-refractivity contribution in [2.24, 2.45) is 0 Å². The number of nitrogens with zero attached hydrogens (tertiary/aromatic N) is 2. The molecule has 0 saturated carbocycles. The summed E-state index contributed by atoms with van der Waals surface area (Å²) in [7, 11) is 0. The average molecular weight is 448 g/mol. The lowest BCUT2D eigenvalue weighted by molar-refractivity contribution is -0.122. The number of rotatable bonds is 8. The van der Waals surface area contributed by atoms with Gasteiger partial charge in [0.2, 0.25) is 17.6 Å². The van der Waals surface area contributed by atoms with E-state index in [0.717, 1.165) is 16.9 Å². The summed E-state index contributed by atoms with van der Waals surface area (Å²) in [6, 6.07) is 12.8. The monoisotopic (exact) mass is 447 g/mol. The summed E-state index contributed by atoms with van der Waals surface area (Å²) in [5.41, 5.74) is 1.08. The summed E-state index contributed by atoms with van der Waals surface area (Å²) in [4.78, 5) is 16.8. The van der Waals surface area contributed by atoms with Gasteiger partial charge in [-0.15, -0.1) is 0 Å². The van der Waals surface area contributed by atoms with Crippen molar-refractivity contribution in [2.45, 2.75) is 39.2 Å². The molecule has 0 aliphatic heterocycles. The Balaban J connectivity index is 1.57. The van der Waals surface area contributed by atoms with Crippen molar-refractivity contribution in [1.82, 2.24) is 15.5 Å². The number of halogens is 2. The van der Waals surface area contributed by atoms with Crippen molar-refractivity contribution in [3.8, 4) is 17.1 Å². The molecule has 1 amide bonds. The maximum Gasteiger partial charge on any atom is 0.227 e. The molecule has 0 bridgehead atoms. The zero-order valence-corrected chi connectivity index (χ0v) is 18.5. The fourth-order valence-electron chi connectivity index (χ4n) is 2.93. The summed E-state index contributed by atoms with van der Waals surface area (Å²) in [5.74, 6) is 1.53. The predicted octanol–water partition coefficient (Wildman–Crippen LogP) is 5.43. The van der Waals surface area contributed by atoms with E-state index >= 15 is 0 Å². The molecule has 0 aliphatic carbocycles. The van der Waals surface area contributed by atoms with Crippen LogP contribution in [0.25, 0.3) is 11.4 Å². The number of aryl methyl sites for hydroxylation is 1. The highest BCUT2D eigenvalue weighted by molar-refractivity contribution is 6.42. The smallest absolute Gasteiger partial charge is 0.227 e. The van der Waals surface area contributed by atoms with Gasteiger partial charge in [0.05, 0.1) is 22.2 Å². The zero-order valence-electron chi connectivity index (χ0n) is 17.0. The number of aromatic nitrogens is 2. The normalized spacial score (nSPS) is 11.4. The van der Waals surface area contributed by atoms with Gasteiger partial charge >= 0.3 is 0 Å². The van der Waals surface area contributed by atoms with Gasteiger partial charge in [-0.2, -0.15) is 4.98 Å². The molecular formula is C22H23Cl2N3O3. The first-order valence-corrected chi connectivity index (χ1v) is 10.4. The van der Waals surface area contributed by atoms with E-state index in [0.29, 0.717) is 34.8 Å². The van der Waals surface area contributed by atoms with Crippen LogP contribution >= 0.6 is 23.2 Å². The lowest BCUT2D eigenvalue weighted by Gasteiger charge is -2.27. The molecule has 0 spiro atoms. The second kappa shape index (κ2) is 9.49. The Hall–Kier alpha value is -2.57. The van der Waals surface area contributed by atoms with Crippen LogP contribution < -0.4 is 10.1 Å². The van der Waals surface area contributed by atoms with Gasteiger partial charge in [0.25, 0.3) is 0 Å². The molecule has 1 heterocycles. The van der Waals surface area contributed by atoms with Crippen molar-refractivity contribution < 1.29 is 14.1 Å². The molecule has 0 unspecified atom stereocenters. The van der Waals surface area contributed by atoms with Crippen LogP contribution in [0.4, 0.5) is 0 Å². The molecular weight excluding hydrogens is 425 g/mol. The average Bonchev–Trinajstić information content (AvgIpc) is 3.18. The van der Waals surface area contributed by atoms with Crippen LogP contribution in [0.5, 0.6) is 5.75 Å². The highest BCUT2D eigenvalue weighted by atomic mass is 35.5. The van der Waals surface area contributed by atoms with Crippen LogP contribution in [0.3, 0.4) is 0 Å². The number of amides is 1. The van der Waals surface area contributed by atoms with Crippen molar-refractivity contribution in [2.75, 3.05) is 6.61 Å². The third-order valence-electron chi connectivity index (χ3n) is 4.55.